The smallest absolute Gasteiger partial charge is 0.211 e. The minimum atomic E-state index is -0.988. The highest BCUT2D eigenvalue weighted by Gasteiger charge is 2.27. The van der Waals surface area contributed by atoms with Crippen LogP contribution in [0.3, 0.4) is 0 Å². The number of nitrogens with two attached hydrogens (primary N) is 2. The van der Waals surface area contributed by atoms with E-state index in [-0.39, 0.29) is 0 Å². The van der Waals surface area contributed by atoms with Crippen molar-refractivity contribution in [2.75, 3.05) is 0 Å². The number of benzene rings is 1. The van der Waals surface area contributed by atoms with Gasteiger partial charge in [0.2, 0.25) is 5.79 Å². The zero-order valence-electron chi connectivity index (χ0n) is 9.14. The summed E-state index contributed by atoms with van der Waals surface area (Å²) < 4.78 is 0. The predicted molar refractivity (Wildman–Crippen MR) is 68.1 cm³/mol. The van der Waals surface area contributed by atoms with Crippen LogP contribution in [-0.2, 0) is 5.79 Å². The molecule has 0 bridgehead atoms. The molecule has 0 saturated heterocycles. The largest absolute Gasteiger partial charge is 0.384 e. The van der Waals surface area contributed by atoms with E-state index in [2.05, 4.69) is 15.3 Å². The fraction of sp³-hybridized carbons (Fsp3) is 0.0833. The highest BCUT2D eigenvalue weighted by atomic mass is 15.3. The van der Waals surface area contributed by atoms with Crippen LogP contribution < -0.4 is 16.8 Å². The molecular formula is C12H13N5. The van der Waals surface area contributed by atoms with Gasteiger partial charge in [-0.1, -0.05) is 12.1 Å². The molecule has 86 valence electrons. The zero-order chi connectivity index (χ0) is 11.9. The second-order valence-electron chi connectivity index (χ2n) is 4.06. The second kappa shape index (κ2) is 3.36. The number of nitrogens with zero attached hydrogens (tertiary/aromatic N) is 1. The minimum Gasteiger partial charge on any atom is -0.384 e. The molecule has 2 heterocycles. The second-order valence-corrected chi connectivity index (χ2v) is 4.06. The molecule has 0 fully saturated rings. The van der Waals surface area contributed by atoms with Crippen molar-refractivity contribution in [3.8, 4) is 0 Å². The number of aromatic amines is 1. The Hall–Kier alpha value is -2.27. The Morgan fingerprint density at radius 1 is 1.24 bits per heavy atom. The summed E-state index contributed by atoms with van der Waals surface area (Å²) >= 11 is 0. The van der Waals surface area contributed by atoms with Gasteiger partial charge in [-0.2, -0.15) is 0 Å². The molecule has 5 heteroatoms. The van der Waals surface area contributed by atoms with Crippen LogP contribution in [0.4, 0.5) is 0 Å². The quantitative estimate of drug-likeness (QED) is 0.578. The van der Waals surface area contributed by atoms with Gasteiger partial charge in [0.15, 0.2) is 0 Å². The number of nitrogens with one attached hydrogen (secondary N) is 2. The Morgan fingerprint density at radius 2 is 2.12 bits per heavy atom. The summed E-state index contributed by atoms with van der Waals surface area (Å²) in [7, 11) is 0. The van der Waals surface area contributed by atoms with E-state index in [0.717, 1.165) is 16.5 Å². The molecule has 1 aromatic carbocycles. The number of rotatable bonds is 1. The van der Waals surface area contributed by atoms with E-state index >= 15 is 0 Å². The average Bonchev–Trinajstić information content (AvgIpc) is 2.75. The maximum absolute atomic E-state index is 6.19. The molecule has 0 saturated carbocycles. The van der Waals surface area contributed by atoms with Crippen molar-refractivity contribution in [2.45, 2.75) is 5.79 Å². The Morgan fingerprint density at radius 3 is 2.94 bits per heavy atom. The third-order valence-corrected chi connectivity index (χ3v) is 2.86. The summed E-state index contributed by atoms with van der Waals surface area (Å²) in [5.74, 6) is -0.573. The van der Waals surface area contributed by atoms with Gasteiger partial charge in [0, 0.05) is 23.5 Å². The molecule has 1 atom stereocenters. The van der Waals surface area contributed by atoms with Crippen LogP contribution >= 0.6 is 0 Å². The van der Waals surface area contributed by atoms with Crippen LogP contribution in [-0.4, -0.2) is 10.8 Å². The normalized spacial score (nSPS) is 23.5. The molecule has 0 amide bonds. The van der Waals surface area contributed by atoms with Crippen LogP contribution in [0, 0.1) is 0 Å². The summed E-state index contributed by atoms with van der Waals surface area (Å²) in [5, 5.41) is 4.15. The van der Waals surface area contributed by atoms with E-state index in [0.29, 0.717) is 5.84 Å². The third-order valence-electron chi connectivity index (χ3n) is 2.86. The fourth-order valence-electron chi connectivity index (χ4n) is 1.96. The number of hydrogen-bond donors (Lipinski definition) is 4. The Labute approximate surface area is 98.2 Å². The molecular weight excluding hydrogens is 214 g/mol. The summed E-state index contributed by atoms with van der Waals surface area (Å²) in [6, 6.07) is 7.92. The van der Waals surface area contributed by atoms with Gasteiger partial charge < -0.3 is 16.0 Å². The first kappa shape index (κ1) is 9.92. The average molecular weight is 227 g/mol. The van der Waals surface area contributed by atoms with Gasteiger partial charge in [0.1, 0.15) is 5.84 Å². The monoisotopic (exact) mass is 227 g/mol. The van der Waals surface area contributed by atoms with Gasteiger partial charge in [0.05, 0.1) is 0 Å². The number of amidine groups is 1. The number of hydrogen-bond acceptors (Lipinski definition) is 4. The van der Waals surface area contributed by atoms with E-state index in [1.165, 1.54) is 0 Å². The molecule has 1 aliphatic heterocycles. The van der Waals surface area contributed by atoms with E-state index in [9.17, 15) is 0 Å². The van der Waals surface area contributed by atoms with E-state index in [1.54, 1.807) is 12.3 Å². The van der Waals surface area contributed by atoms with Crippen LogP contribution in [0.25, 0.3) is 10.9 Å². The molecule has 0 radical (unpaired) electrons. The topological polar surface area (TPSA) is 92.2 Å². The van der Waals surface area contributed by atoms with Crippen LogP contribution in [0.15, 0.2) is 47.7 Å². The third kappa shape index (κ3) is 1.57. The van der Waals surface area contributed by atoms with Crippen LogP contribution in [0.2, 0.25) is 0 Å². The lowest BCUT2D eigenvalue weighted by molar-refractivity contribution is 0.410. The minimum absolute atomic E-state index is 0.415. The molecule has 1 aromatic heterocycles. The summed E-state index contributed by atoms with van der Waals surface area (Å²) in [5.41, 5.74) is 13.7. The van der Waals surface area contributed by atoms with Gasteiger partial charge in [-0.15, -0.1) is 0 Å². The maximum atomic E-state index is 6.19. The maximum Gasteiger partial charge on any atom is 0.211 e. The first-order chi connectivity index (χ1) is 8.17. The molecule has 0 aliphatic carbocycles. The van der Waals surface area contributed by atoms with E-state index < -0.39 is 5.79 Å². The summed E-state index contributed by atoms with van der Waals surface area (Å²) in [6.07, 6.45) is 5.28. The summed E-state index contributed by atoms with van der Waals surface area (Å²) in [4.78, 5) is 7.38. The highest BCUT2D eigenvalue weighted by molar-refractivity contribution is 5.92. The molecule has 2 aromatic rings. The highest BCUT2D eigenvalue weighted by Crippen LogP contribution is 2.23. The van der Waals surface area contributed by atoms with Gasteiger partial charge in [0.25, 0.3) is 0 Å². The van der Waals surface area contributed by atoms with Crippen molar-refractivity contribution in [1.29, 1.82) is 0 Å². The zero-order valence-corrected chi connectivity index (χ0v) is 9.14. The van der Waals surface area contributed by atoms with Crippen molar-refractivity contribution in [3.63, 3.8) is 0 Å². The standard InChI is InChI=1S/C12H13N5/c13-11-4-6-16-12(14,17-11)9-2-1-8-3-5-15-10(8)7-9/h1-7,15-16H,14H2,(H2,13,17). The Bertz CT molecular complexity index is 625. The molecule has 6 N–H and O–H groups in total. The van der Waals surface area contributed by atoms with Gasteiger partial charge in [-0.25, -0.2) is 4.99 Å². The van der Waals surface area contributed by atoms with Gasteiger partial charge in [-0.3, -0.25) is 5.73 Å². The van der Waals surface area contributed by atoms with Crippen molar-refractivity contribution in [2.24, 2.45) is 16.5 Å². The number of aliphatic imine (C=N–C) groups is 1. The predicted octanol–water partition coefficient (Wildman–Crippen LogP) is 0.711. The lowest BCUT2D eigenvalue weighted by Gasteiger charge is -2.28. The van der Waals surface area contributed by atoms with Gasteiger partial charge >= 0.3 is 0 Å². The van der Waals surface area contributed by atoms with Crippen molar-refractivity contribution < 1.29 is 0 Å². The SMILES string of the molecule is NC1=NC(N)(c2ccc3cc[nH]c3c2)NC=C1. The number of aromatic nitrogens is 1. The van der Waals surface area contributed by atoms with Crippen LogP contribution in [0.5, 0.6) is 0 Å². The first-order valence-corrected chi connectivity index (χ1v) is 5.33. The van der Waals surface area contributed by atoms with Gasteiger partial charge in [-0.05, 0) is 23.6 Å². The van der Waals surface area contributed by atoms with Crippen molar-refractivity contribution >= 4 is 16.7 Å². The summed E-state index contributed by atoms with van der Waals surface area (Å²) in [6.45, 7) is 0. The lowest BCUT2D eigenvalue weighted by Crippen LogP contribution is -2.49. The van der Waals surface area contributed by atoms with E-state index in [4.69, 9.17) is 11.5 Å². The fourth-order valence-corrected chi connectivity index (χ4v) is 1.96. The van der Waals surface area contributed by atoms with Crippen LogP contribution in [0.1, 0.15) is 5.56 Å². The van der Waals surface area contributed by atoms with Crippen molar-refractivity contribution in [3.05, 3.63) is 48.3 Å². The van der Waals surface area contributed by atoms with E-state index in [1.807, 2.05) is 30.5 Å². The molecule has 17 heavy (non-hydrogen) atoms. The molecule has 1 unspecified atom stereocenters. The molecule has 0 spiro atoms. The Kier molecular flexibility index (Phi) is 1.96. The number of H-pyrrole nitrogens is 1. The molecule has 5 nitrogen and oxygen atoms in total. The molecule has 3 rings (SSSR count). The first-order valence-electron chi connectivity index (χ1n) is 5.33. The number of fused-ring (bicyclic) bond motifs is 1. The molecule has 1 aliphatic rings. The van der Waals surface area contributed by atoms with Crippen molar-refractivity contribution in [1.82, 2.24) is 10.3 Å². The lowest BCUT2D eigenvalue weighted by atomic mass is 10.1. The Balaban J connectivity index is 2.11.